The summed E-state index contributed by atoms with van der Waals surface area (Å²) in [5.41, 5.74) is 9.40. The Morgan fingerprint density at radius 2 is 1.69 bits per heavy atom. The summed E-state index contributed by atoms with van der Waals surface area (Å²) >= 11 is 0. The molecular weight excluding hydrogens is 444 g/mol. The maximum atomic E-state index is 13.1. The van der Waals surface area contributed by atoms with Crippen molar-refractivity contribution in [3.8, 4) is 5.88 Å². The second-order valence-electron chi connectivity index (χ2n) is 8.30. The van der Waals surface area contributed by atoms with Gasteiger partial charge in [0.2, 0.25) is 5.91 Å². The number of hydrogen-bond acceptors (Lipinski definition) is 6. The zero-order valence-corrected chi connectivity index (χ0v) is 18.9. The molecule has 0 saturated carbocycles. The number of fused-ring (bicyclic) bond motifs is 1. The van der Waals surface area contributed by atoms with Crippen molar-refractivity contribution in [2.24, 2.45) is 10.7 Å². The van der Waals surface area contributed by atoms with E-state index in [4.69, 9.17) is 10.5 Å². The molecule has 0 unspecified atom stereocenters. The van der Waals surface area contributed by atoms with Gasteiger partial charge in [0, 0.05) is 52.6 Å². The Bertz CT molecular complexity index is 1430. The summed E-state index contributed by atoms with van der Waals surface area (Å²) in [6.07, 6.45) is 1.58. The molecule has 8 nitrogen and oxygen atoms in total. The van der Waals surface area contributed by atoms with Crippen LogP contribution >= 0.6 is 0 Å². The maximum Gasteiger partial charge on any atom is 0.248 e. The van der Waals surface area contributed by atoms with Gasteiger partial charge < -0.3 is 25.5 Å². The summed E-state index contributed by atoms with van der Waals surface area (Å²) in [5, 5.41) is 11.1. The normalized spacial score (nSPS) is 14.0. The number of nitrogens with one attached hydrogen (secondary N) is 1. The fraction of sp³-hybridized carbons (Fsp3) is 0.148. The lowest BCUT2D eigenvalue weighted by Crippen LogP contribution is -2.36. The van der Waals surface area contributed by atoms with Gasteiger partial charge in [-0.2, -0.15) is 0 Å². The van der Waals surface area contributed by atoms with Gasteiger partial charge in [-0.1, -0.05) is 12.1 Å². The number of primary amides is 1. The van der Waals surface area contributed by atoms with E-state index in [-0.39, 0.29) is 17.2 Å². The van der Waals surface area contributed by atoms with Crippen LogP contribution in [0.15, 0.2) is 71.7 Å². The smallest absolute Gasteiger partial charge is 0.248 e. The largest absolute Gasteiger partial charge is 0.494 e. The Kier molecular flexibility index (Phi) is 6.03. The van der Waals surface area contributed by atoms with E-state index >= 15 is 0 Å². The molecule has 0 spiro atoms. The van der Waals surface area contributed by atoms with E-state index in [0.717, 1.165) is 37.7 Å². The van der Waals surface area contributed by atoms with Crippen molar-refractivity contribution in [3.05, 3.63) is 89.0 Å². The summed E-state index contributed by atoms with van der Waals surface area (Å²) < 4.78 is 5.40. The van der Waals surface area contributed by atoms with E-state index in [9.17, 15) is 14.7 Å². The molecule has 0 radical (unpaired) electrons. The van der Waals surface area contributed by atoms with E-state index in [0.29, 0.717) is 27.6 Å². The Hall–Kier alpha value is -4.43. The van der Waals surface area contributed by atoms with Crippen molar-refractivity contribution in [1.29, 1.82) is 0 Å². The van der Waals surface area contributed by atoms with Gasteiger partial charge in [-0.3, -0.25) is 14.6 Å². The lowest BCUT2D eigenvalue weighted by atomic mass is 9.99. The number of nitrogens with zero attached hydrogens (tertiary/aromatic N) is 2. The number of ether oxygens (including phenoxy) is 1. The molecule has 5 rings (SSSR count). The lowest BCUT2D eigenvalue weighted by Gasteiger charge is -2.28. The van der Waals surface area contributed by atoms with Crippen LogP contribution in [0.2, 0.25) is 0 Å². The van der Waals surface area contributed by atoms with Crippen molar-refractivity contribution in [1.82, 2.24) is 4.98 Å². The number of nitrogens with two attached hydrogens (primary N) is 1. The average molecular weight is 469 g/mol. The van der Waals surface area contributed by atoms with Crippen LogP contribution < -0.4 is 10.6 Å². The predicted octanol–water partition coefficient (Wildman–Crippen LogP) is 3.79. The van der Waals surface area contributed by atoms with Gasteiger partial charge in [-0.05, 0) is 54.6 Å². The number of hydrogen-bond donors (Lipinski definition) is 3. The number of carbonyl (C=O) groups excluding carboxylic acids is 2. The number of aromatic amines is 1. The predicted molar refractivity (Wildman–Crippen MR) is 135 cm³/mol. The topological polar surface area (TPSA) is 121 Å². The summed E-state index contributed by atoms with van der Waals surface area (Å²) in [5.74, 6) is -0.881. The maximum absolute atomic E-state index is 13.1. The number of amides is 1. The van der Waals surface area contributed by atoms with Gasteiger partial charge in [0.25, 0.3) is 0 Å². The number of H-pyrrole nitrogens is 1. The number of aliphatic imine (C=N–C) groups is 1. The van der Waals surface area contributed by atoms with Gasteiger partial charge in [-0.25, -0.2) is 0 Å². The van der Waals surface area contributed by atoms with Crippen LogP contribution in [-0.4, -0.2) is 54.3 Å². The van der Waals surface area contributed by atoms with Gasteiger partial charge in [0.1, 0.15) is 0 Å². The molecule has 35 heavy (non-hydrogen) atoms. The van der Waals surface area contributed by atoms with Gasteiger partial charge in [0.15, 0.2) is 11.7 Å². The second-order valence-corrected chi connectivity index (χ2v) is 8.30. The van der Waals surface area contributed by atoms with Crippen LogP contribution in [0.4, 0.5) is 11.4 Å². The highest BCUT2D eigenvalue weighted by molar-refractivity contribution is 6.13. The Morgan fingerprint density at radius 3 is 2.43 bits per heavy atom. The first-order valence-corrected chi connectivity index (χ1v) is 11.3. The van der Waals surface area contributed by atoms with E-state index in [1.807, 2.05) is 24.3 Å². The second kappa shape index (κ2) is 9.44. The first-order valence-electron chi connectivity index (χ1n) is 11.3. The third-order valence-electron chi connectivity index (χ3n) is 6.06. The summed E-state index contributed by atoms with van der Waals surface area (Å²) in [7, 11) is 0. The first kappa shape index (κ1) is 22.4. The number of aromatic hydroxyl groups is 1. The number of rotatable bonds is 6. The molecule has 1 aliphatic heterocycles. The molecule has 0 bridgehead atoms. The molecule has 1 aliphatic rings. The molecule has 2 heterocycles. The van der Waals surface area contributed by atoms with E-state index in [2.05, 4.69) is 14.9 Å². The van der Waals surface area contributed by atoms with E-state index in [1.54, 1.807) is 42.6 Å². The number of aromatic nitrogens is 1. The number of morpholine rings is 1. The number of benzene rings is 3. The van der Waals surface area contributed by atoms with Crippen LogP contribution in [0.3, 0.4) is 0 Å². The molecule has 176 valence electrons. The fourth-order valence-corrected chi connectivity index (χ4v) is 4.16. The lowest BCUT2D eigenvalue weighted by molar-refractivity contribution is 0.1000. The van der Waals surface area contributed by atoms with E-state index in [1.165, 1.54) is 6.07 Å². The molecule has 4 aromatic rings. The third kappa shape index (κ3) is 4.64. The number of anilines is 1. The number of ketones is 1. The SMILES string of the molecule is NC(=O)c1cccc(C(=O)c2ccc3[nH]c(O)c(C=Nc4ccc(N5CCOCC5)cc4)c3c2)c1. The Labute approximate surface area is 201 Å². The van der Waals surface area contributed by atoms with Crippen molar-refractivity contribution < 1.29 is 19.4 Å². The van der Waals surface area contributed by atoms with Gasteiger partial charge >= 0.3 is 0 Å². The van der Waals surface area contributed by atoms with Crippen LogP contribution in [-0.2, 0) is 4.74 Å². The van der Waals surface area contributed by atoms with Crippen LogP contribution in [0.1, 0.15) is 31.8 Å². The van der Waals surface area contributed by atoms with Gasteiger partial charge in [0.05, 0.1) is 24.5 Å². The zero-order valence-electron chi connectivity index (χ0n) is 18.9. The minimum absolute atomic E-state index is 0.0333. The first-order chi connectivity index (χ1) is 17.0. The van der Waals surface area contributed by atoms with Crippen LogP contribution in [0.25, 0.3) is 10.9 Å². The molecule has 1 amide bonds. The highest BCUT2D eigenvalue weighted by atomic mass is 16.5. The van der Waals surface area contributed by atoms with Crippen molar-refractivity contribution >= 4 is 40.2 Å². The molecule has 0 atom stereocenters. The zero-order chi connectivity index (χ0) is 24.4. The highest BCUT2D eigenvalue weighted by Crippen LogP contribution is 2.29. The van der Waals surface area contributed by atoms with Crippen molar-refractivity contribution in [3.63, 3.8) is 0 Å². The van der Waals surface area contributed by atoms with Crippen molar-refractivity contribution in [2.45, 2.75) is 0 Å². The van der Waals surface area contributed by atoms with Crippen LogP contribution in [0.5, 0.6) is 5.88 Å². The minimum Gasteiger partial charge on any atom is -0.494 e. The number of carbonyl (C=O) groups is 2. The fourth-order valence-electron chi connectivity index (χ4n) is 4.16. The molecule has 4 N–H and O–H groups in total. The summed E-state index contributed by atoms with van der Waals surface area (Å²) in [4.78, 5) is 34.2. The Morgan fingerprint density at radius 1 is 0.971 bits per heavy atom. The quantitative estimate of drug-likeness (QED) is 0.294. The average Bonchev–Trinajstić information content (AvgIpc) is 3.22. The molecule has 1 aromatic heterocycles. The van der Waals surface area contributed by atoms with Gasteiger partial charge in [-0.15, -0.1) is 0 Å². The molecule has 3 aromatic carbocycles. The van der Waals surface area contributed by atoms with Crippen LogP contribution in [0, 0.1) is 0 Å². The van der Waals surface area contributed by atoms with Crippen molar-refractivity contribution in [2.75, 3.05) is 31.2 Å². The molecule has 1 saturated heterocycles. The molecule has 1 fully saturated rings. The third-order valence-corrected chi connectivity index (χ3v) is 6.06. The Balaban J connectivity index is 1.41. The molecule has 8 heteroatoms. The summed E-state index contributed by atoms with van der Waals surface area (Å²) in [6.45, 7) is 3.17. The highest BCUT2D eigenvalue weighted by Gasteiger charge is 2.15. The van der Waals surface area contributed by atoms with E-state index < -0.39 is 5.91 Å². The monoisotopic (exact) mass is 468 g/mol. The standard InChI is InChI=1S/C27H24N4O4/c28-26(33)19-3-1-2-17(14-19)25(32)18-4-9-24-22(15-18)23(27(34)30-24)16-29-20-5-7-21(8-6-20)31-10-12-35-13-11-31/h1-9,14-16,30,34H,10-13H2,(H2,28,33). The molecular formula is C27H24N4O4. The minimum atomic E-state index is -0.595. The summed E-state index contributed by atoms with van der Waals surface area (Å²) in [6, 6.07) is 19.3. The molecule has 0 aliphatic carbocycles.